The molecule has 0 heterocycles. The molecule has 0 amide bonds. The van der Waals surface area contributed by atoms with Gasteiger partial charge in [0.2, 0.25) is 0 Å². The average Bonchev–Trinajstić information content (AvgIpc) is 1.98. The molecule has 3 heteroatoms. The van der Waals surface area contributed by atoms with E-state index in [-0.39, 0.29) is 6.29 Å². The van der Waals surface area contributed by atoms with E-state index in [1.165, 1.54) is 0 Å². The highest BCUT2D eigenvalue weighted by molar-refractivity contribution is 4.43. The zero-order chi connectivity index (χ0) is 7.82. The zero-order valence-electron chi connectivity index (χ0n) is 6.72. The summed E-state index contributed by atoms with van der Waals surface area (Å²) in [7, 11) is 1.61. The first kappa shape index (κ1) is 9.88. The molecule has 0 saturated heterocycles. The molecule has 1 atom stereocenters. The summed E-state index contributed by atoms with van der Waals surface area (Å²) < 4.78 is 10.2. The molecule has 0 aliphatic rings. The molecule has 0 rings (SSSR count). The highest BCUT2D eigenvalue weighted by atomic mass is 16.7. The standard InChI is InChI=1S/C7H16NO2/c1-3-6-10-7(9-2)4-5-8/h7-8H,3-6H2,1-2H3. The molecule has 0 aromatic carbocycles. The van der Waals surface area contributed by atoms with Crippen molar-refractivity contribution in [3.63, 3.8) is 0 Å². The lowest BCUT2D eigenvalue weighted by atomic mass is 10.4. The molecule has 0 spiro atoms. The quantitative estimate of drug-likeness (QED) is 0.526. The van der Waals surface area contributed by atoms with Gasteiger partial charge in [-0.15, -0.1) is 0 Å². The van der Waals surface area contributed by atoms with Crippen LogP contribution in [0.5, 0.6) is 0 Å². The van der Waals surface area contributed by atoms with Gasteiger partial charge < -0.3 is 9.47 Å². The second-order valence-corrected chi connectivity index (χ2v) is 2.07. The Bertz CT molecular complexity index is 68.6. The van der Waals surface area contributed by atoms with Crippen LogP contribution in [0.1, 0.15) is 19.8 Å². The third-order valence-corrected chi connectivity index (χ3v) is 1.15. The maximum Gasteiger partial charge on any atom is 0.158 e. The lowest BCUT2D eigenvalue weighted by Crippen LogP contribution is -2.17. The molecular weight excluding hydrogens is 130 g/mol. The van der Waals surface area contributed by atoms with Crippen LogP contribution in [-0.2, 0) is 9.47 Å². The van der Waals surface area contributed by atoms with Gasteiger partial charge in [-0.05, 0) is 6.42 Å². The van der Waals surface area contributed by atoms with Crippen LogP contribution in [0.4, 0.5) is 0 Å². The first-order valence-electron chi connectivity index (χ1n) is 3.64. The summed E-state index contributed by atoms with van der Waals surface area (Å²) in [6, 6.07) is 0. The summed E-state index contributed by atoms with van der Waals surface area (Å²) in [5, 5.41) is 0. The number of methoxy groups -OCH3 is 1. The second-order valence-electron chi connectivity index (χ2n) is 2.07. The Labute approximate surface area is 62.5 Å². The molecule has 1 radical (unpaired) electrons. The minimum absolute atomic E-state index is 0.169. The van der Waals surface area contributed by atoms with E-state index < -0.39 is 0 Å². The summed E-state index contributed by atoms with van der Waals surface area (Å²) in [6.45, 7) is 3.13. The molecule has 3 nitrogen and oxygen atoms in total. The van der Waals surface area contributed by atoms with Gasteiger partial charge in [0.1, 0.15) is 0 Å². The van der Waals surface area contributed by atoms with E-state index in [1.54, 1.807) is 7.11 Å². The van der Waals surface area contributed by atoms with Gasteiger partial charge in [0.25, 0.3) is 0 Å². The van der Waals surface area contributed by atoms with Gasteiger partial charge in [-0.3, -0.25) is 5.73 Å². The van der Waals surface area contributed by atoms with E-state index >= 15 is 0 Å². The van der Waals surface area contributed by atoms with E-state index in [0.29, 0.717) is 13.0 Å². The van der Waals surface area contributed by atoms with Crippen molar-refractivity contribution in [3.05, 3.63) is 0 Å². The molecule has 0 aliphatic carbocycles. The molecule has 1 unspecified atom stereocenters. The Morgan fingerprint density at radius 2 is 2.20 bits per heavy atom. The van der Waals surface area contributed by atoms with Crippen LogP contribution in [0.3, 0.4) is 0 Å². The predicted octanol–water partition coefficient (Wildman–Crippen LogP) is 1.06. The smallest absolute Gasteiger partial charge is 0.158 e. The molecule has 61 valence electrons. The molecule has 0 aromatic heterocycles. The second kappa shape index (κ2) is 6.99. The fourth-order valence-corrected chi connectivity index (χ4v) is 0.636. The monoisotopic (exact) mass is 146 g/mol. The van der Waals surface area contributed by atoms with Crippen molar-refractivity contribution in [2.24, 2.45) is 0 Å². The predicted molar refractivity (Wildman–Crippen MR) is 39.6 cm³/mol. The van der Waals surface area contributed by atoms with E-state index in [2.05, 4.69) is 0 Å². The van der Waals surface area contributed by atoms with Gasteiger partial charge in [0.15, 0.2) is 6.29 Å². The Morgan fingerprint density at radius 3 is 2.60 bits per heavy atom. The molecule has 0 fully saturated rings. The van der Waals surface area contributed by atoms with Crippen LogP contribution in [0.25, 0.3) is 0 Å². The van der Waals surface area contributed by atoms with Crippen molar-refractivity contribution in [3.8, 4) is 0 Å². The average molecular weight is 146 g/mol. The summed E-state index contributed by atoms with van der Waals surface area (Å²) in [6.07, 6.45) is 1.49. The minimum atomic E-state index is -0.169. The molecule has 0 aromatic rings. The normalized spacial score (nSPS) is 13.5. The first-order chi connectivity index (χ1) is 4.85. The van der Waals surface area contributed by atoms with Crippen LogP contribution in [-0.4, -0.2) is 26.6 Å². The van der Waals surface area contributed by atoms with E-state index in [0.717, 1.165) is 13.0 Å². The fourth-order valence-electron chi connectivity index (χ4n) is 0.636. The number of ether oxygens (including phenoxy) is 2. The van der Waals surface area contributed by atoms with E-state index in [4.69, 9.17) is 15.2 Å². The van der Waals surface area contributed by atoms with E-state index in [1.807, 2.05) is 6.92 Å². The molecule has 0 aliphatic heterocycles. The van der Waals surface area contributed by atoms with Crippen LogP contribution in [0, 0.1) is 0 Å². The molecule has 0 bridgehead atoms. The van der Waals surface area contributed by atoms with E-state index in [9.17, 15) is 0 Å². The minimum Gasteiger partial charge on any atom is -0.356 e. The third kappa shape index (κ3) is 4.73. The zero-order valence-corrected chi connectivity index (χ0v) is 6.72. The van der Waals surface area contributed by atoms with Gasteiger partial charge in [-0.2, -0.15) is 0 Å². The van der Waals surface area contributed by atoms with Gasteiger partial charge in [0.05, 0.1) is 0 Å². The SMILES string of the molecule is CCCOC(CC[NH])OC. The largest absolute Gasteiger partial charge is 0.356 e. The number of hydrogen-bond donors (Lipinski definition) is 0. The number of nitrogens with one attached hydrogen (secondary N) is 1. The molecular formula is C7H16NO2. The summed E-state index contributed by atoms with van der Waals surface area (Å²) in [5.41, 5.74) is 6.91. The molecule has 10 heavy (non-hydrogen) atoms. The third-order valence-electron chi connectivity index (χ3n) is 1.15. The Balaban J connectivity index is 3.21. The fraction of sp³-hybridized carbons (Fsp3) is 1.00. The maximum atomic E-state index is 6.91. The van der Waals surface area contributed by atoms with Crippen molar-refractivity contribution in [2.75, 3.05) is 20.3 Å². The van der Waals surface area contributed by atoms with Crippen molar-refractivity contribution >= 4 is 0 Å². The van der Waals surface area contributed by atoms with Crippen molar-refractivity contribution < 1.29 is 9.47 Å². The summed E-state index contributed by atoms with van der Waals surface area (Å²) in [5.74, 6) is 0. The Kier molecular flexibility index (Phi) is 6.91. The summed E-state index contributed by atoms with van der Waals surface area (Å²) >= 11 is 0. The molecule has 0 saturated carbocycles. The Morgan fingerprint density at radius 1 is 1.50 bits per heavy atom. The molecule has 1 N–H and O–H groups in total. The number of rotatable bonds is 6. The Hall–Kier alpha value is -0.120. The number of hydrogen-bond acceptors (Lipinski definition) is 2. The highest BCUT2D eigenvalue weighted by Gasteiger charge is 2.03. The van der Waals surface area contributed by atoms with Gasteiger partial charge in [0, 0.05) is 26.7 Å². The summed E-state index contributed by atoms with van der Waals surface area (Å²) in [4.78, 5) is 0. The van der Waals surface area contributed by atoms with Crippen LogP contribution < -0.4 is 5.73 Å². The van der Waals surface area contributed by atoms with Crippen LogP contribution in [0.2, 0.25) is 0 Å². The van der Waals surface area contributed by atoms with Crippen molar-refractivity contribution in [2.45, 2.75) is 26.1 Å². The van der Waals surface area contributed by atoms with Crippen molar-refractivity contribution in [1.29, 1.82) is 0 Å². The maximum absolute atomic E-state index is 6.91. The van der Waals surface area contributed by atoms with Gasteiger partial charge in [-0.1, -0.05) is 6.92 Å². The lowest BCUT2D eigenvalue weighted by Gasteiger charge is -2.13. The van der Waals surface area contributed by atoms with Crippen LogP contribution >= 0.6 is 0 Å². The van der Waals surface area contributed by atoms with Crippen LogP contribution in [0.15, 0.2) is 0 Å². The van der Waals surface area contributed by atoms with Gasteiger partial charge >= 0.3 is 0 Å². The topological polar surface area (TPSA) is 42.3 Å². The van der Waals surface area contributed by atoms with Crippen molar-refractivity contribution in [1.82, 2.24) is 5.73 Å². The lowest BCUT2D eigenvalue weighted by molar-refractivity contribution is -0.125. The highest BCUT2D eigenvalue weighted by Crippen LogP contribution is 1.98. The van der Waals surface area contributed by atoms with Gasteiger partial charge in [-0.25, -0.2) is 0 Å². The first-order valence-corrected chi connectivity index (χ1v) is 3.64.